The number of aliphatic hydroxyl groups is 1. The number of methoxy groups -OCH3 is 1. The normalized spacial score (nSPS) is 13.6. The second kappa shape index (κ2) is 4.88. The summed E-state index contributed by atoms with van der Waals surface area (Å²) in [5.41, 5.74) is 2.24. The van der Waals surface area contributed by atoms with Crippen molar-refractivity contribution in [1.29, 1.82) is 0 Å². The lowest BCUT2D eigenvalue weighted by Crippen LogP contribution is -2.16. The van der Waals surface area contributed by atoms with Crippen LogP contribution in [0.15, 0.2) is 18.2 Å². The molecule has 16 heavy (non-hydrogen) atoms. The van der Waals surface area contributed by atoms with E-state index in [9.17, 15) is 5.11 Å². The SMILES string of the molecule is CCC(C)(C)c1ccc(OC)c(C(C)O)c1. The maximum absolute atomic E-state index is 9.72. The van der Waals surface area contributed by atoms with Crippen molar-refractivity contribution in [3.63, 3.8) is 0 Å². The van der Waals surface area contributed by atoms with Gasteiger partial charge >= 0.3 is 0 Å². The van der Waals surface area contributed by atoms with Crippen LogP contribution in [-0.2, 0) is 5.41 Å². The minimum atomic E-state index is -0.498. The summed E-state index contributed by atoms with van der Waals surface area (Å²) in [6.07, 6.45) is 0.570. The Morgan fingerprint density at radius 3 is 2.44 bits per heavy atom. The van der Waals surface area contributed by atoms with Crippen molar-refractivity contribution in [3.05, 3.63) is 29.3 Å². The third-order valence-corrected chi connectivity index (χ3v) is 3.35. The van der Waals surface area contributed by atoms with Crippen LogP contribution in [0.4, 0.5) is 0 Å². The molecule has 1 aromatic carbocycles. The Kier molecular flexibility index (Phi) is 3.98. The summed E-state index contributed by atoms with van der Waals surface area (Å²) >= 11 is 0. The van der Waals surface area contributed by atoms with Crippen LogP contribution in [0.3, 0.4) is 0 Å². The highest BCUT2D eigenvalue weighted by Crippen LogP contribution is 2.33. The summed E-state index contributed by atoms with van der Waals surface area (Å²) in [5.74, 6) is 0.755. The number of aliphatic hydroxyl groups excluding tert-OH is 1. The molecule has 0 aromatic heterocycles. The van der Waals surface area contributed by atoms with Crippen LogP contribution in [0.1, 0.15) is 51.3 Å². The highest BCUT2D eigenvalue weighted by Gasteiger charge is 2.20. The molecule has 1 unspecified atom stereocenters. The minimum Gasteiger partial charge on any atom is -0.496 e. The molecule has 0 amide bonds. The summed E-state index contributed by atoms with van der Waals surface area (Å²) < 4.78 is 5.25. The highest BCUT2D eigenvalue weighted by molar-refractivity contribution is 5.41. The van der Waals surface area contributed by atoms with Gasteiger partial charge in [0.1, 0.15) is 5.75 Å². The van der Waals surface area contributed by atoms with Crippen molar-refractivity contribution in [2.75, 3.05) is 7.11 Å². The van der Waals surface area contributed by atoms with Gasteiger partial charge < -0.3 is 9.84 Å². The second-order valence-electron chi connectivity index (χ2n) is 4.87. The van der Waals surface area contributed by atoms with Gasteiger partial charge in [0.25, 0.3) is 0 Å². The second-order valence-corrected chi connectivity index (χ2v) is 4.87. The van der Waals surface area contributed by atoms with Gasteiger partial charge in [-0.3, -0.25) is 0 Å². The van der Waals surface area contributed by atoms with Crippen LogP contribution in [0.2, 0.25) is 0 Å². The van der Waals surface area contributed by atoms with Crippen LogP contribution < -0.4 is 4.74 Å². The lowest BCUT2D eigenvalue weighted by Gasteiger charge is -2.25. The summed E-state index contributed by atoms with van der Waals surface area (Å²) in [4.78, 5) is 0. The summed E-state index contributed by atoms with van der Waals surface area (Å²) in [5, 5.41) is 9.72. The molecule has 1 atom stereocenters. The van der Waals surface area contributed by atoms with Crippen LogP contribution in [0.5, 0.6) is 5.75 Å². The molecular weight excluding hydrogens is 200 g/mol. The highest BCUT2D eigenvalue weighted by atomic mass is 16.5. The number of rotatable bonds is 4. The molecule has 0 saturated heterocycles. The summed E-state index contributed by atoms with van der Waals surface area (Å²) in [7, 11) is 1.63. The van der Waals surface area contributed by atoms with E-state index < -0.39 is 6.10 Å². The van der Waals surface area contributed by atoms with Gasteiger partial charge in [0, 0.05) is 5.56 Å². The van der Waals surface area contributed by atoms with Gasteiger partial charge in [-0.2, -0.15) is 0 Å². The third kappa shape index (κ3) is 2.56. The van der Waals surface area contributed by atoms with E-state index in [4.69, 9.17) is 4.74 Å². The van der Waals surface area contributed by atoms with Gasteiger partial charge in [0.15, 0.2) is 0 Å². The van der Waals surface area contributed by atoms with Crippen LogP contribution in [0.25, 0.3) is 0 Å². The predicted molar refractivity (Wildman–Crippen MR) is 66.9 cm³/mol. The fourth-order valence-corrected chi connectivity index (χ4v) is 1.69. The standard InChI is InChI=1S/C14H22O2/c1-6-14(3,4)11-7-8-13(16-5)12(9-11)10(2)15/h7-10,15H,6H2,1-5H3. The number of benzene rings is 1. The van der Waals surface area contributed by atoms with E-state index in [1.54, 1.807) is 14.0 Å². The molecule has 1 rings (SSSR count). The van der Waals surface area contributed by atoms with Crippen LogP contribution in [0, 0.1) is 0 Å². The zero-order valence-corrected chi connectivity index (χ0v) is 10.9. The van der Waals surface area contributed by atoms with E-state index in [2.05, 4.69) is 26.8 Å². The fraction of sp³-hybridized carbons (Fsp3) is 0.571. The first-order chi connectivity index (χ1) is 7.42. The molecule has 1 N–H and O–H groups in total. The molecule has 1 aromatic rings. The quantitative estimate of drug-likeness (QED) is 0.845. The summed E-state index contributed by atoms with van der Waals surface area (Å²) in [6, 6.07) is 6.07. The first kappa shape index (κ1) is 13.0. The average Bonchev–Trinajstić information content (AvgIpc) is 2.28. The van der Waals surface area contributed by atoms with Gasteiger partial charge in [0.05, 0.1) is 13.2 Å². The van der Waals surface area contributed by atoms with E-state index in [0.29, 0.717) is 0 Å². The van der Waals surface area contributed by atoms with Crippen molar-refractivity contribution < 1.29 is 9.84 Å². The Morgan fingerprint density at radius 1 is 1.38 bits per heavy atom. The molecular formula is C14H22O2. The molecule has 90 valence electrons. The Bertz CT molecular complexity index is 354. The fourth-order valence-electron chi connectivity index (χ4n) is 1.69. The van der Waals surface area contributed by atoms with Gasteiger partial charge in [-0.05, 0) is 36.5 Å². The minimum absolute atomic E-state index is 0.135. The van der Waals surface area contributed by atoms with E-state index in [1.807, 2.05) is 12.1 Å². The number of hydrogen-bond acceptors (Lipinski definition) is 2. The molecule has 2 nitrogen and oxygen atoms in total. The van der Waals surface area contributed by atoms with Gasteiger partial charge in [-0.1, -0.05) is 26.8 Å². The van der Waals surface area contributed by atoms with E-state index in [0.717, 1.165) is 17.7 Å². The van der Waals surface area contributed by atoms with E-state index >= 15 is 0 Å². The van der Waals surface area contributed by atoms with E-state index in [-0.39, 0.29) is 5.41 Å². The van der Waals surface area contributed by atoms with Crippen molar-refractivity contribution in [2.24, 2.45) is 0 Å². The van der Waals surface area contributed by atoms with Crippen LogP contribution >= 0.6 is 0 Å². The van der Waals surface area contributed by atoms with E-state index in [1.165, 1.54) is 5.56 Å². The van der Waals surface area contributed by atoms with Gasteiger partial charge in [0.2, 0.25) is 0 Å². The Hall–Kier alpha value is -1.02. The maximum Gasteiger partial charge on any atom is 0.124 e. The third-order valence-electron chi connectivity index (χ3n) is 3.35. The predicted octanol–water partition coefficient (Wildman–Crippen LogP) is 3.44. The smallest absolute Gasteiger partial charge is 0.124 e. The molecule has 0 spiro atoms. The zero-order chi connectivity index (χ0) is 12.3. The van der Waals surface area contributed by atoms with Gasteiger partial charge in [-0.25, -0.2) is 0 Å². The number of hydrogen-bond donors (Lipinski definition) is 1. The molecule has 0 aliphatic heterocycles. The molecule has 0 aliphatic rings. The first-order valence-corrected chi connectivity index (χ1v) is 5.79. The molecule has 0 fully saturated rings. The van der Waals surface area contributed by atoms with Crippen molar-refractivity contribution >= 4 is 0 Å². The zero-order valence-electron chi connectivity index (χ0n) is 10.9. The Labute approximate surface area is 98.3 Å². The Balaban J connectivity index is 3.22. The van der Waals surface area contributed by atoms with Crippen molar-refractivity contribution in [3.8, 4) is 5.75 Å². The van der Waals surface area contributed by atoms with Crippen molar-refractivity contribution in [2.45, 2.75) is 45.6 Å². The van der Waals surface area contributed by atoms with Crippen LogP contribution in [-0.4, -0.2) is 12.2 Å². The summed E-state index contributed by atoms with van der Waals surface area (Å²) in [6.45, 7) is 8.36. The average molecular weight is 222 g/mol. The first-order valence-electron chi connectivity index (χ1n) is 5.79. The molecule has 2 heteroatoms. The lowest BCUT2D eigenvalue weighted by molar-refractivity contribution is 0.194. The molecule has 0 heterocycles. The molecule has 0 bridgehead atoms. The monoisotopic (exact) mass is 222 g/mol. The Morgan fingerprint density at radius 2 is 2.00 bits per heavy atom. The molecule has 0 saturated carbocycles. The maximum atomic E-state index is 9.72. The molecule has 0 radical (unpaired) electrons. The molecule has 0 aliphatic carbocycles. The lowest BCUT2D eigenvalue weighted by atomic mass is 9.81. The topological polar surface area (TPSA) is 29.5 Å². The number of ether oxygens (including phenoxy) is 1. The largest absolute Gasteiger partial charge is 0.496 e. The van der Waals surface area contributed by atoms with Gasteiger partial charge in [-0.15, -0.1) is 0 Å². The van der Waals surface area contributed by atoms with Crippen molar-refractivity contribution in [1.82, 2.24) is 0 Å².